The summed E-state index contributed by atoms with van der Waals surface area (Å²) in [6, 6.07) is 0. The molecule has 0 spiro atoms. The lowest BCUT2D eigenvalue weighted by molar-refractivity contribution is 0.186. The maximum atomic E-state index is 9.26. The fourth-order valence-electron chi connectivity index (χ4n) is 2.56. The van der Waals surface area contributed by atoms with Crippen molar-refractivity contribution in [3.63, 3.8) is 0 Å². The van der Waals surface area contributed by atoms with Crippen LogP contribution >= 0.6 is 0 Å². The van der Waals surface area contributed by atoms with Crippen molar-refractivity contribution in [2.75, 3.05) is 0 Å². The molecule has 0 bridgehead atoms. The standard InChI is InChI=1S/C23H40O/c1-19(2)11-7-12-20(3)13-8-14-21(4)15-9-16-22(5)17-10-18-23(6)24/h11,13,15,17,23-24H,7-10,12,14,16,18H2,1-6H3/b20-13+,21-15+,22-17-. The molecule has 0 aromatic carbocycles. The first kappa shape index (κ1) is 22.9. The summed E-state index contributed by atoms with van der Waals surface area (Å²) < 4.78 is 0. The van der Waals surface area contributed by atoms with E-state index in [0.29, 0.717) is 0 Å². The van der Waals surface area contributed by atoms with Gasteiger partial charge in [-0.1, -0.05) is 46.6 Å². The van der Waals surface area contributed by atoms with E-state index >= 15 is 0 Å². The van der Waals surface area contributed by atoms with Crippen LogP contribution in [0.2, 0.25) is 0 Å². The highest BCUT2D eigenvalue weighted by atomic mass is 16.3. The molecule has 1 unspecified atom stereocenters. The van der Waals surface area contributed by atoms with Gasteiger partial charge in [-0.2, -0.15) is 0 Å². The van der Waals surface area contributed by atoms with Gasteiger partial charge in [0.25, 0.3) is 0 Å². The van der Waals surface area contributed by atoms with Crippen LogP contribution in [0.5, 0.6) is 0 Å². The number of hydrogen-bond acceptors (Lipinski definition) is 1. The smallest absolute Gasteiger partial charge is 0.0515 e. The monoisotopic (exact) mass is 332 g/mol. The Hall–Kier alpha value is -1.08. The molecule has 0 aromatic heterocycles. The summed E-state index contributed by atoms with van der Waals surface area (Å²) in [6.45, 7) is 12.9. The van der Waals surface area contributed by atoms with Crippen molar-refractivity contribution in [2.45, 2.75) is 99.0 Å². The summed E-state index contributed by atoms with van der Waals surface area (Å²) in [7, 11) is 0. The van der Waals surface area contributed by atoms with E-state index in [4.69, 9.17) is 0 Å². The zero-order valence-electron chi connectivity index (χ0n) is 17.0. The number of hydrogen-bond donors (Lipinski definition) is 1. The van der Waals surface area contributed by atoms with Crippen LogP contribution in [-0.2, 0) is 0 Å². The van der Waals surface area contributed by atoms with Gasteiger partial charge in [-0.3, -0.25) is 0 Å². The van der Waals surface area contributed by atoms with E-state index in [1.807, 2.05) is 6.92 Å². The Bertz CT molecular complexity index is 443. The predicted octanol–water partition coefficient (Wildman–Crippen LogP) is 7.29. The van der Waals surface area contributed by atoms with Crippen LogP contribution in [0.3, 0.4) is 0 Å². The average Bonchev–Trinajstić information content (AvgIpc) is 2.46. The molecule has 0 heterocycles. The van der Waals surface area contributed by atoms with Gasteiger partial charge in [-0.15, -0.1) is 0 Å². The van der Waals surface area contributed by atoms with Gasteiger partial charge >= 0.3 is 0 Å². The zero-order valence-corrected chi connectivity index (χ0v) is 17.0. The Morgan fingerprint density at radius 2 is 1.04 bits per heavy atom. The second kappa shape index (κ2) is 14.3. The molecule has 1 N–H and O–H groups in total. The first-order valence-electron chi connectivity index (χ1n) is 9.59. The number of aliphatic hydroxyl groups is 1. The minimum atomic E-state index is -0.185. The molecule has 0 rings (SSSR count). The second-order valence-corrected chi connectivity index (χ2v) is 7.48. The summed E-state index contributed by atoms with van der Waals surface area (Å²) in [5.41, 5.74) is 5.86. The van der Waals surface area contributed by atoms with Crippen LogP contribution in [0.25, 0.3) is 0 Å². The van der Waals surface area contributed by atoms with Crippen LogP contribution < -0.4 is 0 Å². The van der Waals surface area contributed by atoms with Crippen LogP contribution in [-0.4, -0.2) is 11.2 Å². The Labute approximate surface area is 151 Å². The third-order valence-electron chi connectivity index (χ3n) is 4.23. The van der Waals surface area contributed by atoms with Gasteiger partial charge in [0.05, 0.1) is 6.10 Å². The van der Waals surface area contributed by atoms with Crippen molar-refractivity contribution in [3.8, 4) is 0 Å². The molecule has 0 saturated heterocycles. The topological polar surface area (TPSA) is 20.2 Å². The van der Waals surface area contributed by atoms with Crippen molar-refractivity contribution >= 4 is 0 Å². The number of rotatable bonds is 12. The Morgan fingerprint density at radius 1 is 0.667 bits per heavy atom. The molecule has 0 amide bonds. The third-order valence-corrected chi connectivity index (χ3v) is 4.23. The summed E-state index contributed by atoms with van der Waals surface area (Å²) in [4.78, 5) is 0. The molecule has 1 atom stereocenters. The highest BCUT2D eigenvalue weighted by molar-refractivity contribution is 5.07. The van der Waals surface area contributed by atoms with Gasteiger partial charge < -0.3 is 5.11 Å². The highest BCUT2D eigenvalue weighted by Crippen LogP contribution is 2.14. The molecular weight excluding hydrogens is 292 g/mol. The fourth-order valence-corrected chi connectivity index (χ4v) is 2.56. The van der Waals surface area contributed by atoms with Gasteiger partial charge in [0.2, 0.25) is 0 Å². The summed E-state index contributed by atoms with van der Waals surface area (Å²) in [6.07, 6.45) is 18.0. The number of aliphatic hydroxyl groups excluding tert-OH is 1. The minimum absolute atomic E-state index is 0.185. The molecule has 138 valence electrons. The van der Waals surface area contributed by atoms with Crippen molar-refractivity contribution in [3.05, 3.63) is 46.6 Å². The minimum Gasteiger partial charge on any atom is -0.393 e. The van der Waals surface area contributed by atoms with E-state index in [0.717, 1.165) is 32.1 Å². The maximum absolute atomic E-state index is 9.26. The first-order chi connectivity index (χ1) is 11.3. The highest BCUT2D eigenvalue weighted by Gasteiger charge is 1.95. The van der Waals surface area contributed by atoms with Crippen LogP contribution in [0, 0.1) is 0 Å². The molecule has 1 heteroatoms. The molecule has 0 aliphatic rings. The van der Waals surface area contributed by atoms with E-state index in [-0.39, 0.29) is 6.10 Å². The van der Waals surface area contributed by atoms with Crippen molar-refractivity contribution in [1.29, 1.82) is 0 Å². The lowest BCUT2D eigenvalue weighted by Crippen LogP contribution is -1.97. The molecule has 0 aliphatic carbocycles. The van der Waals surface area contributed by atoms with E-state index in [1.54, 1.807) is 0 Å². The molecular formula is C23H40O. The quantitative estimate of drug-likeness (QED) is 0.372. The van der Waals surface area contributed by atoms with E-state index in [9.17, 15) is 5.11 Å². The van der Waals surface area contributed by atoms with Crippen molar-refractivity contribution in [1.82, 2.24) is 0 Å². The molecule has 1 nitrogen and oxygen atoms in total. The first-order valence-corrected chi connectivity index (χ1v) is 9.59. The lowest BCUT2D eigenvalue weighted by Gasteiger charge is -2.03. The Kier molecular flexibility index (Phi) is 13.6. The summed E-state index contributed by atoms with van der Waals surface area (Å²) >= 11 is 0. The van der Waals surface area contributed by atoms with E-state index in [1.165, 1.54) is 41.6 Å². The maximum Gasteiger partial charge on any atom is 0.0515 e. The number of allylic oxidation sites excluding steroid dienone is 8. The van der Waals surface area contributed by atoms with Crippen LogP contribution in [0.4, 0.5) is 0 Å². The predicted molar refractivity (Wildman–Crippen MR) is 109 cm³/mol. The fraction of sp³-hybridized carbons (Fsp3) is 0.652. The third kappa shape index (κ3) is 15.8. The zero-order chi connectivity index (χ0) is 18.4. The lowest BCUT2D eigenvalue weighted by atomic mass is 10.0. The molecule has 0 aliphatic heterocycles. The van der Waals surface area contributed by atoms with E-state index in [2.05, 4.69) is 58.9 Å². The summed E-state index contributed by atoms with van der Waals surface area (Å²) in [5.74, 6) is 0. The molecule has 24 heavy (non-hydrogen) atoms. The van der Waals surface area contributed by atoms with Crippen molar-refractivity contribution in [2.24, 2.45) is 0 Å². The van der Waals surface area contributed by atoms with Crippen molar-refractivity contribution < 1.29 is 5.11 Å². The molecule has 0 fully saturated rings. The van der Waals surface area contributed by atoms with E-state index < -0.39 is 0 Å². The molecule has 0 saturated carbocycles. The van der Waals surface area contributed by atoms with Gasteiger partial charge in [-0.05, 0) is 92.9 Å². The second-order valence-electron chi connectivity index (χ2n) is 7.48. The Morgan fingerprint density at radius 3 is 1.42 bits per heavy atom. The van der Waals surface area contributed by atoms with Gasteiger partial charge in [0.1, 0.15) is 0 Å². The van der Waals surface area contributed by atoms with Gasteiger partial charge in [-0.25, -0.2) is 0 Å². The normalized spacial score (nSPS) is 14.7. The van der Waals surface area contributed by atoms with Crippen LogP contribution in [0.15, 0.2) is 46.6 Å². The average molecular weight is 333 g/mol. The van der Waals surface area contributed by atoms with Crippen LogP contribution in [0.1, 0.15) is 92.9 Å². The molecule has 0 aromatic rings. The summed E-state index contributed by atoms with van der Waals surface area (Å²) in [5, 5.41) is 9.26. The SMILES string of the molecule is CC(C)=CCC/C(C)=C/CC/C(C)=C/CC/C(C)=C\CCC(C)O. The largest absolute Gasteiger partial charge is 0.393 e. The van der Waals surface area contributed by atoms with Gasteiger partial charge in [0, 0.05) is 0 Å². The van der Waals surface area contributed by atoms with Gasteiger partial charge in [0.15, 0.2) is 0 Å². The Balaban J connectivity index is 3.96. The molecule has 0 radical (unpaired) electrons.